The Balaban J connectivity index is 1.54. The molecule has 2 heterocycles. The van der Waals surface area contributed by atoms with Gasteiger partial charge in [0.2, 0.25) is 0 Å². The molecule has 104 valence electrons. The van der Waals surface area contributed by atoms with Gasteiger partial charge in [-0.3, -0.25) is 4.90 Å². The first kappa shape index (κ1) is 12.8. The number of anilines is 1. The topological polar surface area (TPSA) is 33.7 Å². The van der Waals surface area contributed by atoms with Crippen molar-refractivity contribution in [2.24, 2.45) is 0 Å². The van der Waals surface area contributed by atoms with Gasteiger partial charge in [-0.05, 0) is 25.0 Å². The van der Waals surface area contributed by atoms with E-state index in [1.165, 1.54) is 17.7 Å². The van der Waals surface area contributed by atoms with Crippen LogP contribution < -0.4 is 10.1 Å². The Morgan fingerprint density at radius 1 is 1.26 bits per heavy atom. The summed E-state index contributed by atoms with van der Waals surface area (Å²) in [6.45, 7) is 6.58. The highest BCUT2D eigenvalue weighted by molar-refractivity contribution is 5.59. The summed E-state index contributed by atoms with van der Waals surface area (Å²) < 4.78 is 11.3. The maximum absolute atomic E-state index is 5.98. The lowest BCUT2D eigenvalue weighted by Gasteiger charge is -2.27. The number of nitrogens with zero attached hydrogens (tertiary/aromatic N) is 1. The van der Waals surface area contributed by atoms with Gasteiger partial charge in [-0.1, -0.05) is 6.07 Å². The van der Waals surface area contributed by atoms with Crippen molar-refractivity contribution >= 4 is 5.69 Å². The molecule has 1 N–H and O–H groups in total. The van der Waals surface area contributed by atoms with Gasteiger partial charge in [-0.15, -0.1) is 0 Å². The van der Waals surface area contributed by atoms with Crippen LogP contribution in [0.3, 0.4) is 0 Å². The second-order valence-electron chi connectivity index (χ2n) is 5.12. The highest BCUT2D eigenvalue weighted by Gasteiger charge is 2.14. The molecule has 0 unspecified atom stereocenters. The molecule has 2 aliphatic rings. The summed E-state index contributed by atoms with van der Waals surface area (Å²) in [5.41, 5.74) is 2.59. The maximum Gasteiger partial charge on any atom is 0.124 e. The molecular weight excluding hydrogens is 240 g/mol. The Labute approximate surface area is 114 Å². The van der Waals surface area contributed by atoms with Crippen molar-refractivity contribution in [2.75, 3.05) is 51.3 Å². The molecular formula is C15H22N2O2. The van der Waals surface area contributed by atoms with Crippen molar-refractivity contribution in [1.82, 2.24) is 4.90 Å². The van der Waals surface area contributed by atoms with Crippen LogP contribution >= 0.6 is 0 Å². The molecule has 2 aliphatic heterocycles. The summed E-state index contributed by atoms with van der Waals surface area (Å²) in [5, 5.41) is 3.44. The van der Waals surface area contributed by atoms with E-state index >= 15 is 0 Å². The first-order valence-corrected chi connectivity index (χ1v) is 7.22. The van der Waals surface area contributed by atoms with Crippen LogP contribution in [0.2, 0.25) is 0 Å². The van der Waals surface area contributed by atoms with E-state index in [0.29, 0.717) is 0 Å². The zero-order valence-corrected chi connectivity index (χ0v) is 11.4. The number of morpholine rings is 1. The predicted molar refractivity (Wildman–Crippen MR) is 76.0 cm³/mol. The largest absolute Gasteiger partial charge is 0.492 e. The van der Waals surface area contributed by atoms with E-state index in [-0.39, 0.29) is 0 Å². The van der Waals surface area contributed by atoms with Crippen LogP contribution in [0.4, 0.5) is 5.69 Å². The third kappa shape index (κ3) is 3.19. The van der Waals surface area contributed by atoms with Gasteiger partial charge in [0.1, 0.15) is 12.4 Å². The lowest BCUT2D eigenvalue weighted by Crippen LogP contribution is -2.38. The summed E-state index contributed by atoms with van der Waals surface area (Å²) >= 11 is 0. The van der Waals surface area contributed by atoms with Crippen molar-refractivity contribution in [1.29, 1.82) is 0 Å². The minimum Gasteiger partial charge on any atom is -0.492 e. The van der Waals surface area contributed by atoms with E-state index in [1.54, 1.807) is 0 Å². The van der Waals surface area contributed by atoms with Gasteiger partial charge in [0, 0.05) is 37.4 Å². The molecule has 3 rings (SSSR count). The number of fused-ring (bicyclic) bond motifs is 1. The Kier molecular flexibility index (Phi) is 4.20. The second-order valence-corrected chi connectivity index (χ2v) is 5.12. The van der Waals surface area contributed by atoms with Gasteiger partial charge in [0.05, 0.1) is 13.2 Å². The number of hydrogen-bond donors (Lipinski definition) is 1. The summed E-state index contributed by atoms with van der Waals surface area (Å²) in [6, 6.07) is 6.30. The molecule has 0 bridgehead atoms. The van der Waals surface area contributed by atoms with Crippen molar-refractivity contribution in [3.8, 4) is 5.75 Å². The van der Waals surface area contributed by atoms with E-state index in [0.717, 1.165) is 58.2 Å². The molecule has 1 fully saturated rings. The van der Waals surface area contributed by atoms with Crippen LogP contribution in [-0.2, 0) is 11.2 Å². The normalized spacial score (nSPS) is 19.6. The van der Waals surface area contributed by atoms with E-state index in [2.05, 4.69) is 28.4 Å². The third-order valence-electron chi connectivity index (χ3n) is 3.82. The molecule has 1 aromatic carbocycles. The van der Waals surface area contributed by atoms with Crippen LogP contribution in [0, 0.1) is 0 Å². The van der Waals surface area contributed by atoms with Gasteiger partial charge in [0.25, 0.3) is 0 Å². The quantitative estimate of drug-likeness (QED) is 0.896. The number of rotatable bonds is 4. The monoisotopic (exact) mass is 262 g/mol. The lowest BCUT2D eigenvalue weighted by molar-refractivity contribution is 0.0322. The van der Waals surface area contributed by atoms with Crippen LogP contribution in [0.25, 0.3) is 0 Å². The number of ether oxygens (including phenoxy) is 2. The summed E-state index contributed by atoms with van der Waals surface area (Å²) in [4.78, 5) is 2.40. The van der Waals surface area contributed by atoms with Crippen molar-refractivity contribution < 1.29 is 9.47 Å². The summed E-state index contributed by atoms with van der Waals surface area (Å²) in [5.74, 6) is 1.05. The van der Waals surface area contributed by atoms with E-state index in [9.17, 15) is 0 Å². The van der Waals surface area contributed by atoms with E-state index < -0.39 is 0 Å². The second kappa shape index (κ2) is 6.26. The molecule has 4 nitrogen and oxygen atoms in total. The highest BCUT2D eigenvalue weighted by Crippen LogP contribution is 2.30. The fourth-order valence-electron chi connectivity index (χ4n) is 2.72. The SMILES string of the molecule is c1cc2c(c(OCCN3CCOCC3)c1)CCCN2. The van der Waals surface area contributed by atoms with E-state index in [4.69, 9.17) is 9.47 Å². The van der Waals surface area contributed by atoms with Crippen molar-refractivity contribution in [3.05, 3.63) is 23.8 Å². The number of benzene rings is 1. The van der Waals surface area contributed by atoms with Crippen LogP contribution in [-0.4, -0.2) is 50.9 Å². The molecule has 1 saturated heterocycles. The molecule has 0 spiro atoms. The minimum absolute atomic E-state index is 0.760. The third-order valence-corrected chi connectivity index (χ3v) is 3.82. The average molecular weight is 262 g/mol. The Hall–Kier alpha value is -1.26. The molecule has 0 atom stereocenters. The molecule has 0 amide bonds. The van der Waals surface area contributed by atoms with Crippen molar-refractivity contribution in [3.63, 3.8) is 0 Å². The van der Waals surface area contributed by atoms with Crippen LogP contribution in [0.1, 0.15) is 12.0 Å². The Morgan fingerprint density at radius 3 is 3.05 bits per heavy atom. The molecule has 0 aromatic heterocycles. The zero-order valence-electron chi connectivity index (χ0n) is 11.4. The number of hydrogen-bond acceptors (Lipinski definition) is 4. The van der Waals surface area contributed by atoms with Crippen molar-refractivity contribution in [2.45, 2.75) is 12.8 Å². The molecule has 19 heavy (non-hydrogen) atoms. The minimum atomic E-state index is 0.760. The molecule has 4 heteroatoms. The first-order valence-electron chi connectivity index (χ1n) is 7.22. The van der Waals surface area contributed by atoms with Crippen LogP contribution in [0.5, 0.6) is 5.75 Å². The summed E-state index contributed by atoms with van der Waals surface area (Å²) in [7, 11) is 0. The fraction of sp³-hybridized carbons (Fsp3) is 0.600. The van der Waals surface area contributed by atoms with Gasteiger partial charge in [0.15, 0.2) is 0 Å². The smallest absolute Gasteiger partial charge is 0.124 e. The number of nitrogens with one attached hydrogen (secondary N) is 1. The van der Waals surface area contributed by atoms with Gasteiger partial charge >= 0.3 is 0 Å². The van der Waals surface area contributed by atoms with Gasteiger partial charge < -0.3 is 14.8 Å². The average Bonchev–Trinajstić information content (AvgIpc) is 2.49. The lowest BCUT2D eigenvalue weighted by atomic mass is 10.0. The molecule has 0 aliphatic carbocycles. The fourth-order valence-corrected chi connectivity index (χ4v) is 2.72. The van der Waals surface area contributed by atoms with Gasteiger partial charge in [-0.25, -0.2) is 0 Å². The predicted octanol–water partition coefficient (Wildman–Crippen LogP) is 1.76. The molecule has 0 radical (unpaired) electrons. The molecule has 0 saturated carbocycles. The maximum atomic E-state index is 5.98. The first-order chi connectivity index (χ1) is 9.43. The highest BCUT2D eigenvalue weighted by atomic mass is 16.5. The van der Waals surface area contributed by atoms with E-state index in [1.807, 2.05) is 0 Å². The standard InChI is InChI=1S/C15H22N2O2/c1-4-14-13(3-2-6-16-14)15(5-1)19-12-9-17-7-10-18-11-8-17/h1,4-5,16H,2-3,6-12H2. The van der Waals surface area contributed by atoms with Crippen LogP contribution in [0.15, 0.2) is 18.2 Å². The Morgan fingerprint density at radius 2 is 2.16 bits per heavy atom. The summed E-state index contributed by atoms with van der Waals surface area (Å²) in [6.07, 6.45) is 2.31. The zero-order chi connectivity index (χ0) is 12.9. The Bertz CT molecular complexity index is 417. The molecule has 1 aromatic rings. The van der Waals surface area contributed by atoms with Gasteiger partial charge in [-0.2, -0.15) is 0 Å².